The number of hydrogen-bond acceptors (Lipinski definition) is 6. The number of nitrogens with zero attached hydrogens (tertiary/aromatic N) is 1. The van der Waals surface area contributed by atoms with Crippen molar-refractivity contribution in [2.45, 2.75) is 26.2 Å². The standard InChI is InChI=1S/C27H24N2O4/c1-3-13-31-20-6-4-5-19(14-20)27(30)32-21-11-12-22-24(15-21)33-26(29)23(16-28)25(22)18-9-7-17(2)8-10-18/h4-12,14-15,25H,3,13,29H2,1-2H3. The average Bonchev–Trinajstić information content (AvgIpc) is 2.82. The molecule has 0 saturated carbocycles. The maximum absolute atomic E-state index is 12.7. The first kappa shape index (κ1) is 22.0. The second kappa shape index (κ2) is 9.49. The van der Waals surface area contributed by atoms with Gasteiger partial charge in [-0.05, 0) is 43.2 Å². The third-order valence-electron chi connectivity index (χ3n) is 5.35. The summed E-state index contributed by atoms with van der Waals surface area (Å²) < 4.78 is 16.9. The van der Waals surface area contributed by atoms with Crippen molar-refractivity contribution in [3.8, 4) is 23.3 Å². The zero-order chi connectivity index (χ0) is 23.4. The lowest BCUT2D eigenvalue weighted by Crippen LogP contribution is -2.21. The molecule has 1 heterocycles. The minimum atomic E-state index is -0.510. The molecule has 6 heteroatoms. The van der Waals surface area contributed by atoms with Crippen molar-refractivity contribution in [3.05, 3.63) is 100 Å². The van der Waals surface area contributed by atoms with Gasteiger partial charge in [0, 0.05) is 11.6 Å². The Labute approximate surface area is 192 Å². The normalized spacial score (nSPS) is 14.6. The van der Waals surface area contributed by atoms with E-state index in [0.717, 1.165) is 23.1 Å². The molecule has 0 aliphatic carbocycles. The lowest BCUT2D eigenvalue weighted by Gasteiger charge is -2.26. The quantitative estimate of drug-likeness (QED) is 0.417. The molecule has 0 fully saturated rings. The highest BCUT2D eigenvalue weighted by molar-refractivity contribution is 5.91. The van der Waals surface area contributed by atoms with E-state index in [2.05, 4.69) is 6.07 Å². The van der Waals surface area contributed by atoms with Crippen molar-refractivity contribution in [1.29, 1.82) is 5.26 Å². The van der Waals surface area contributed by atoms with Crippen LogP contribution in [0.3, 0.4) is 0 Å². The van der Waals surface area contributed by atoms with Gasteiger partial charge in [-0.2, -0.15) is 5.26 Å². The molecular weight excluding hydrogens is 416 g/mol. The first-order valence-electron chi connectivity index (χ1n) is 10.7. The van der Waals surface area contributed by atoms with Gasteiger partial charge < -0.3 is 19.9 Å². The van der Waals surface area contributed by atoms with Crippen LogP contribution in [-0.2, 0) is 0 Å². The second-order valence-corrected chi connectivity index (χ2v) is 7.80. The largest absolute Gasteiger partial charge is 0.494 e. The average molecular weight is 440 g/mol. The third-order valence-corrected chi connectivity index (χ3v) is 5.35. The van der Waals surface area contributed by atoms with Crippen LogP contribution in [0.1, 0.15) is 46.3 Å². The summed E-state index contributed by atoms with van der Waals surface area (Å²) in [6.07, 6.45) is 0.873. The smallest absolute Gasteiger partial charge is 0.343 e. The molecule has 166 valence electrons. The maximum atomic E-state index is 12.7. The van der Waals surface area contributed by atoms with Gasteiger partial charge in [-0.15, -0.1) is 0 Å². The lowest BCUT2D eigenvalue weighted by atomic mass is 9.83. The Bertz CT molecular complexity index is 1260. The molecule has 0 aromatic heterocycles. The number of nitriles is 1. The number of allylic oxidation sites excluding steroid dienone is 1. The van der Waals surface area contributed by atoms with Crippen molar-refractivity contribution >= 4 is 5.97 Å². The Morgan fingerprint density at radius 3 is 2.61 bits per heavy atom. The third kappa shape index (κ3) is 4.68. The number of aryl methyl sites for hydroxylation is 1. The second-order valence-electron chi connectivity index (χ2n) is 7.80. The van der Waals surface area contributed by atoms with E-state index in [0.29, 0.717) is 35.0 Å². The van der Waals surface area contributed by atoms with Crippen molar-refractivity contribution in [2.24, 2.45) is 5.73 Å². The number of nitrogens with two attached hydrogens (primary N) is 1. The first-order chi connectivity index (χ1) is 16.0. The van der Waals surface area contributed by atoms with Crippen LogP contribution in [-0.4, -0.2) is 12.6 Å². The van der Waals surface area contributed by atoms with Crippen LogP contribution < -0.4 is 19.9 Å². The highest BCUT2D eigenvalue weighted by Crippen LogP contribution is 2.43. The molecule has 33 heavy (non-hydrogen) atoms. The summed E-state index contributed by atoms with van der Waals surface area (Å²) in [5.41, 5.74) is 9.63. The molecule has 1 unspecified atom stereocenters. The monoisotopic (exact) mass is 440 g/mol. The minimum Gasteiger partial charge on any atom is -0.494 e. The Kier molecular flexibility index (Phi) is 6.32. The van der Waals surface area contributed by atoms with Crippen LogP contribution in [0.2, 0.25) is 0 Å². The number of carbonyl (C=O) groups is 1. The topological polar surface area (TPSA) is 94.6 Å². The van der Waals surface area contributed by atoms with Crippen LogP contribution in [0.15, 0.2) is 78.2 Å². The van der Waals surface area contributed by atoms with Gasteiger partial charge in [-0.25, -0.2) is 4.79 Å². The molecule has 0 saturated heterocycles. The number of rotatable bonds is 6. The SMILES string of the molecule is CCCOc1cccc(C(=O)Oc2ccc3c(c2)OC(N)=C(C#N)C3c2ccc(C)cc2)c1. The van der Waals surface area contributed by atoms with Gasteiger partial charge in [0.2, 0.25) is 5.88 Å². The number of ether oxygens (including phenoxy) is 3. The molecule has 3 aromatic rings. The number of esters is 1. The summed E-state index contributed by atoms with van der Waals surface area (Å²) in [4.78, 5) is 12.7. The minimum absolute atomic E-state index is 0.0415. The Morgan fingerprint density at radius 2 is 1.88 bits per heavy atom. The zero-order valence-electron chi connectivity index (χ0n) is 18.5. The molecular formula is C27H24N2O4. The molecule has 4 rings (SSSR count). The lowest BCUT2D eigenvalue weighted by molar-refractivity contribution is 0.0734. The van der Waals surface area contributed by atoms with Gasteiger partial charge >= 0.3 is 5.97 Å². The highest BCUT2D eigenvalue weighted by atomic mass is 16.5. The van der Waals surface area contributed by atoms with Gasteiger partial charge in [-0.3, -0.25) is 0 Å². The van der Waals surface area contributed by atoms with Crippen molar-refractivity contribution in [1.82, 2.24) is 0 Å². The zero-order valence-corrected chi connectivity index (χ0v) is 18.5. The van der Waals surface area contributed by atoms with Crippen LogP contribution >= 0.6 is 0 Å². The van der Waals surface area contributed by atoms with Crippen LogP contribution in [0.25, 0.3) is 0 Å². The molecule has 0 amide bonds. The van der Waals surface area contributed by atoms with Gasteiger partial charge in [0.25, 0.3) is 0 Å². The molecule has 2 N–H and O–H groups in total. The molecule has 1 aliphatic heterocycles. The molecule has 0 spiro atoms. The van der Waals surface area contributed by atoms with Crippen LogP contribution in [0.5, 0.6) is 17.2 Å². The fourth-order valence-electron chi connectivity index (χ4n) is 3.70. The molecule has 0 radical (unpaired) electrons. The summed E-state index contributed by atoms with van der Waals surface area (Å²) in [5.74, 6) is 0.542. The highest BCUT2D eigenvalue weighted by Gasteiger charge is 2.31. The summed E-state index contributed by atoms with van der Waals surface area (Å²) in [7, 11) is 0. The Hall–Kier alpha value is -4.24. The summed E-state index contributed by atoms with van der Waals surface area (Å²) in [6.45, 7) is 4.59. The maximum Gasteiger partial charge on any atom is 0.343 e. The van der Waals surface area contributed by atoms with E-state index in [1.165, 1.54) is 0 Å². The van der Waals surface area contributed by atoms with E-state index in [-0.39, 0.29) is 11.8 Å². The summed E-state index contributed by atoms with van der Waals surface area (Å²) >= 11 is 0. The van der Waals surface area contributed by atoms with Gasteiger partial charge in [0.15, 0.2) is 0 Å². The molecule has 3 aromatic carbocycles. The van der Waals surface area contributed by atoms with Crippen molar-refractivity contribution in [2.75, 3.05) is 6.61 Å². The Morgan fingerprint density at radius 1 is 1.09 bits per heavy atom. The van der Waals surface area contributed by atoms with Crippen LogP contribution in [0, 0.1) is 18.3 Å². The van der Waals surface area contributed by atoms with Gasteiger partial charge in [0.1, 0.15) is 28.9 Å². The number of hydrogen-bond donors (Lipinski definition) is 1. The molecule has 0 bridgehead atoms. The Balaban J connectivity index is 1.61. The van der Waals surface area contributed by atoms with E-state index in [1.807, 2.05) is 38.1 Å². The fourth-order valence-corrected chi connectivity index (χ4v) is 3.70. The van der Waals surface area contributed by atoms with Gasteiger partial charge in [-0.1, -0.05) is 48.9 Å². The van der Waals surface area contributed by atoms with Crippen LogP contribution in [0.4, 0.5) is 0 Å². The molecule has 6 nitrogen and oxygen atoms in total. The van der Waals surface area contributed by atoms with E-state index >= 15 is 0 Å². The van der Waals surface area contributed by atoms with Crippen molar-refractivity contribution in [3.63, 3.8) is 0 Å². The van der Waals surface area contributed by atoms with Gasteiger partial charge in [0.05, 0.1) is 18.1 Å². The number of carbonyl (C=O) groups excluding carboxylic acids is 1. The molecule has 1 atom stereocenters. The number of fused-ring (bicyclic) bond motifs is 1. The number of benzene rings is 3. The van der Waals surface area contributed by atoms with E-state index < -0.39 is 5.97 Å². The predicted molar refractivity (Wildman–Crippen MR) is 124 cm³/mol. The van der Waals surface area contributed by atoms with E-state index in [1.54, 1.807) is 42.5 Å². The molecule has 1 aliphatic rings. The summed E-state index contributed by atoms with van der Waals surface area (Å²) in [6, 6.07) is 22.1. The van der Waals surface area contributed by atoms with Crippen molar-refractivity contribution < 1.29 is 19.0 Å². The fraction of sp³-hybridized carbons (Fsp3) is 0.185. The summed E-state index contributed by atoms with van der Waals surface area (Å²) in [5, 5.41) is 9.70. The first-order valence-corrected chi connectivity index (χ1v) is 10.7. The van der Waals surface area contributed by atoms with E-state index in [4.69, 9.17) is 19.9 Å². The van der Waals surface area contributed by atoms with E-state index in [9.17, 15) is 10.1 Å². The predicted octanol–water partition coefficient (Wildman–Crippen LogP) is 5.22.